The molecule has 5 nitrogen and oxygen atoms in total. The van der Waals surface area contributed by atoms with Crippen LogP contribution >= 0.6 is 0 Å². The first-order chi connectivity index (χ1) is 13.2. The van der Waals surface area contributed by atoms with Crippen LogP contribution < -0.4 is 10.3 Å². The van der Waals surface area contributed by atoms with Gasteiger partial charge in [-0.05, 0) is 49.2 Å². The minimum Gasteiger partial charge on any atom is -0.487 e. The van der Waals surface area contributed by atoms with Crippen molar-refractivity contribution >= 4 is 10.9 Å². The van der Waals surface area contributed by atoms with E-state index in [1.807, 2.05) is 42.5 Å². The summed E-state index contributed by atoms with van der Waals surface area (Å²) in [6, 6.07) is 16.9. The number of ether oxygens (including phenoxy) is 1. The van der Waals surface area contributed by atoms with Crippen molar-refractivity contribution in [3.8, 4) is 5.75 Å². The molecule has 2 N–H and O–H groups in total. The number of aliphatic hydroxyl groups is 1. The van der Waals surface area contributed by atoms with Crippen LogP contribution in [-0.2, 0) is 6.61 Å². The fraction of sp³-hybridized carbons (Fsp3) is 0.318. The maximum atomic E-state index is 11.9. The Morgan fingerprint density at radius 3 is 2.59 bits per heavy atom. The maximum absolute atomic E-state index is 11.9. The molecule has 0 spiro atoms. The van der Waals surface area contributed by atoms with Crippen LogP contribution in [0.5, 0.6) is 5.75 Å². The highest BCUT2D eigenvalue weighted by Crippen LogP contribution is 2.31. The van der Waals surface area contributed by atoms with Gasteiger partial charge in [0.05, 0.1) is 11.6 Å². The Kier molecular flexibility index (Phi) is 5.23. The van der Waals surface area contributed by atoms with Gasteiger partial charge in [0.1, 0.15) is 12.4 Å². The van der Waals surface area contributed by atoms with Gasteiger partial charge in [-0.25, -0.2) is 0 Å². The smallest absolute Gasteiger partial charge is 0.248 e. The Hall–Kier alpha value is -2.63. The number of nitrogens with zero attached hydrogens (tertiary/aromatic N) is 1. The molecule has 2 aromatic carbocycles. The first-order valence-corrected chi connectivity index (χ1v) is 9.44. The lowest BCUT2D eigenvalue weighted by Crippen LogP contribution is -2.25. The van der Waals surface area contributed by atoms with Crippen molar-refractivity contribution in [3.63, 3.8) is 0 Å². The van der Waals surface area contributed by atoms with Gasteiger partial charge in [0.2, 0.25) is 5.56 Å². The molecule has 27 heavy (non-hydrogen) atoms. The third-order valence-corrected chi connectivity index (χ3v) is 5.12. The number of likely N-dealkylation sites (tertiary alicyclic amines) is 1. The summed E-state index contributed by atoms with van der Waals surface area (Å²) in [5.41, 5.74) is 2.33. The van der Waals surface area contributed by atoms with Crippen LogP contribution in [0.3, 0.4) is 0 Å². The molecule has 0 saturated carbocycles. The van der Waals surface area contributed by atoms with E-state index in [9.17, 15) is 9.90 Å². The third kappa shape index (κ3) is 4.04. The van der Waals surface area contributed by atoms with E-state index in [2.05, 4.69) is 9.88 Å². The zero-order valence-corrected chi connectivity index (χ0v) is 15.2. The van der Waals surface area contributed by atoms with Crippen LogP contribution in [0.4, 0.5) is 0 Å². The Labute approximate surface area is 158 Å². The molecule has 1 saturated heterocycles. The molecule has 0 radical (unpaired) electrons. The van der Waals surface area contributed by atoms with Gasteiger partial charge < -0.3 is 19.7 Å². The second kappa shape index (κ2) is 7.94. The van der Waals surface area contributed by atoms with E-state index in [1.54, 1.807) is 6.07 Å². The first-order valence-electron chi connectivity index (χ1n) is 9.44. The first kappa shape index (κ1) is 17.8. The monoisotopic (exact) mass is 364 g/mol. The van der Waals surface area contributed by atoms with Crippen molar-refractivity contribution in [2.75, 3.05) is 19.6 Å². The van der Waals surface area contributed by atoms with Crippen LogP contribution in [0.25, 0.3) is 10.9 Å². The zero-order chi connectivity index (χ0) is 18.6. The van der Waals surface area contributed by atoms with Crippen LogP contribution in [0.1, 0.15) is 30.1 Å². The Morgan fingerprint density at radius 2 is 1.81 bits per heavy atom. The maximum Gasteiger partial charge on any atom is 0.248 e. The number of aliphatic hydroxyl groups excluding tert-OH is 1. The van der Waals surface area contributed by atoms with Crippen molar-refractivity contribution in [2.45, 2.75) is 25.6 Å². The Morgan fingerprint density at radius 1 is 1.04 bits per heavy atom. The van der Waals surface area contributed by atoms with Crippen molar-refractivity contribution in [2.24, 2.45) is 0 Å². The molecule has 2 heterocycles. The van der Waals surface area contributed by atoms with Gasteiger partial charge in [-0.2, -0.15) is 0 Å². The van der Waals surface area contributed by atoms with Gasteiger partial charge in [-0.15, -0.1) is 0 Å². The number of hydrogen-bond donors (Lipinski definition) is 2. The third-order valence-electron chi connectivity index (χ3n) is 5.12. The number of fused-ring (bicyclic) bond motifs is 1. The minimum absolute atomic E-state index is 0.182. The summed E-state index contributed by atoms with van der Waals surface area (Å²) >= 11 is 0. The normalized spacial score (nSPS) is 15.9. The van der Waals surface area contributed by atoms with Crippen LogP contribution in [0.15, 0.2) is 59.4 Å². The number of β-amino-alcohol motifs (C(OH)–C–C–N with tert-alkyl or cyclic N) is 1. The molecule has 4 rings (SSSR count). The average Bonchev–Trinajstić information content (AvgIpc) is 3.19. The van der Waals surface area contributed by atoms with Crippen LogP contribution in [-0.4, -0.2) is 34.6 Å². The van der Waals surface area contributed by atoms with E-state index in [1.165, 1.54) is 18.9 Å². The molecule has 1 fully saturated rings. The van der Waals surface area contributed by atoms with E-state index < -0.39 is 6.10 Å². The molecular weight excluding hydrogens is 340 g/mol. The van der Waals surface area contributed by atoms with E-state index in [-0.39, 0.29) is 5.56 Å². The quantitative estimate of drug-likeness (QED) is 0.705. The van der Waals surface area contributed by atoms with Gasteiger partial charge in [0, 0.05) is 18.0 Å². The lowest BCUT2D eigenvalue weighted by atomic mass is 10.0. The summed E-state index contributed by atoms with van der Waals surface area (Å²) in [4.78, 5) is 17.0. The van der Waals surface area contributed by atoms with Crippen molar-refractivity contribution in [1.82, 2.24) is 9.88 Å². The highest BCUT2D eigenvalue weighted by atomic mass is 16.5. The molecule has 0 amide bonds. The molecule has 0 aliphatic carbocycles. The number of pyridine rings is 1. The number of nitrogens with one attached hydrogen (secondary N) is 1. The SMILES string of the molecule is O=c1ccc2c([C@@H](O)CN3CCCC3)ccc(OCc3ccccc3)c2[nH]1. The van der Waals surface area contributed by atoms with Crippen molar-refractivity contribution < 1.29 is 9.84 Å². The molecule has 0 bridgehead atoms. The zero-order valence-electron chi connectivity index (χ0n) is 15.2. The summed E-state index contributed by atoms with van der Waals surface area (Å²) in [5, 5.41) is 11.6. The summed E-state index contributed by atoms with van der Waals surface area (Å²) in [5.74, 6) is 0.615. The van der Waals surface area contributed by atoms with E-state index in [0.717, 1.165) is 29.6 Å². The number of aromatic nitrogens is 1. The van der Waals surface area contributed by atoms with Gasteiger partial charge in [0.25, 0.3) is 0 Å². The number of aromatic amines is 1. The van der Waals surface area contributed by atoms with Crippen molar-refractivity contribution in [3.05, 3.63) is 76.1 Å². The Balaban J connectivity index is 1.63. The van der Waals surface area contributed by atoms with E-state index in [4.69, 9.17) is 4.74 Å². The van der Waals surface area contributed by atoms with Crippen LogP contribution in [0, 0.1) is 0 Å². The Bertz CT molecular complexity index is 962. The number of rotatable bonds is 6. The standard InChI is InChI=1S/C22H24N2O3/c25-19(14-24-12-4-5-13-24)17-8-10-20(22-18(17)9-11-21(26)23-22)27-15-16-6-2-1-3-7-16/h1-3,6-11,19,25H,4-5,12-15H2,(H,23,26)/t19-/m0/s1. The summed E-state index contributed by atoms with van der Waals surface area (Å²) in [6.07, 6.45) is 1.78. The fourth-order valence-electron chi connectivity index (χ4n) is 3.70. The summed E-state index contributed by atoms with van der Waals surface area (Å²) in [6.45, 7) is 3.09. The molecule has 1 aliphatic rings. The molecule has 5 heteroatoms. The number of benzene rings is 2. The molecule has 140 valence electrons. The van der Waals surface area contributed by atoms with Gasteiger partial charge >= 0.3 is 0 Å². The highest BCUT2D eigenvalue weighted by molar-refractivity contribution is 5.87. The van der Waals surface area contributed by atoms with E-state index >= 15 is 0 Å². The molecule has 3 aromatic rings. The predicted octanol–water partition coefficient (Wildman–Crippen LogP) is 3.24. The molecule has 1 atom stereocenters. The summed E-state index contributed by atoms with van der Waals surface area (Å²) < 4.78 is 5.97. The second-order valence-electron chi connectivity index (χ2n) is 7.06. The molecule has 1 aliphatic heterocycles. The highest BCUT2D eigenvalue weighted by Gasteiger charge is 2.20. The predicted molar refractivity (Wildman–Crippen MR) is 106 cm³/mol. The van der Waals surface area contributed by atoms with Crippen molar-refractivity contribution in [1.29, 1.82) is 0 Å². The lowest BCUT2D eigenvalue weighted by molar-refractivity contribution is 0.127. The van der Waals surface area contributed by atoms with Gasteiger partial charge in [0.15, 0.2) is 0 Å². The van der Waals surface area contributed by atoms with Gasteiger partial charge in [-0.1, -0.05) is 36.4 Å². The van der Waals surface area contributed by atoms with E-state index in [0.29, 0.717) is 24.4 Å². The number of H-pyrrole nitrogens is 1. The second-order valence-corrected chi connectivity index (χ2v) is 7.06. The number of hydrogen-bond acceptors (Lipinski definition) is 4. The average molecular weight is 364 g/mol. The molecule has 1 aromatic heterocycles. The van der Waals surface area contributed by atoms with Gasteiger partial charge in [-0.3, -0.25) is 4.79 Å². The fourth-order valence-corrected chi connectivity index (χ4v) is 3.70. The lowest BCUT2D eigenvalue weighted by Gasteiger charge is -2.21. The topological polar surface area (TPSA) is 65.6 Å². The minimum atomic E-state index is -0.598. The molecule has 0 unspecified atom stereocenters. The molecular formula is C22H24N2O3. The summed E-state index contributed by atoms with van der Waals surface area (Å²) in [7, 11) is 0. The largest absolute Gasteiger partial charge is 0.487 e. The van der Waals surface area contributed by atoms with Crippen LogP contribution in [0.2, 0.25) is 0 Å².